The molecule has 27 heavy (non-hydrogen) atoms. The van der Waals surface area contributed by atoms with E-state index in [1.807, 2.05) is 0 Å². The van der Waals surface area contributed by atoms with E-state index in [0.29, 0.717) is 23.9 Å². The molecule has 3 saturated heterocycles. The minimum Gasteiger partial charge on any atom is -0.341 e. The van der Waals surface area contributed by atoms with Gasteiger partial charge in [0, 0.05) is 44.7 Å². The number of amides is 1. The molecule has 0 aromatic carbocycles. The molecule has 0 aromatic rings. The van der Waals surface area contributed by atoms with Gasteiger partial charge in [-0.15, -0.1) is 24.8 Å². The van der Waals surface area contributed by atoms with Crippen LogP contribution in [0, 0.1) is 11.8 Å². The van der Waals surface area contributed by atoms with Crippen molar-refractivity contribution >= 4 is 30.7 Å². The lowest BCUT2D eigenvalue weighted by molar-refractivity contribution is -0.132. The Hall–Kier alpha value is -0.0300. The minimum atomic E-state index is 0. The van der Waals surface area contributed by atoms with Crippen LogP contribution < -0.4 is 5.32 Å². The molecule has 0 spiro atoms. The van der Waals surface area contributed by atoms with Crippen LogP contribution in [0.2, 0.25) is 0 Å². The van der Waals surface area contributed by atoms with E-state index in [0.717, 1.165) is 38.4 Å². The normalized spacial score (nSPS) is 32.3. The maximum Gasteiger partial charge on any atom is 0.222 e. The summed E-state index contributed by atoms with van der Waals surface area (Å²) in [7, 11) is 0. The zero-order chi connectivity index (χ0) is 17.1. The number of hydrogen-bond donors (Lipinski definition) is 1. The number of rotatable bonds is 4. The summed E-state index contributed by atoms with van der Waals surface area (Å²) in [6.07, 6.45) is 14.2. The van der Waals surface area contributed by atoms with Gasteiger partial charge in [0.1, 0.15) is 0 Å². The molecule has 4 fully saturated rings. The molecule has 6 heteroatoms. The molecule has 158 valence electrons. The molecule has 2 bridgehead atoms. The Bertz CT molecular complexity index is 447. The highest BCUT2D eigenvalue weighted by atomic mass is 35.5. The third kappa shape index (κ3) is 6.48. The van der Waals surface area contributed by atoms with Crippen LogP contribution in [0.3, 0.4) is 0 Å². The van der Waals surface area contributed by atoms with E-state index in [1.54, 1.807) is 0 Å². The summed E-state index contributed by atoms with van der Waals surface area (Å²) in [6, 6.07) is 1.40. The first kappa shape index (κ1) is 23.3. The Morgan fingerprint density at radius 2 is 1.48 bits per heavy atom. The first-order valence-electron chi connectivity index (χ1n) is 11.0. The monoisotopic (exact) mass is 419 g/mol. The van der Waals surface area contributed by atoms with Crippen LogP contribution in [0.1, 0.15) is 70.6 Å². The van der Waals surface area contributed by atoms with E-state index < -0.39 is 0 Å². The third-order valence-electron chi connectivity index (χ3n) is 7.22. The summed E-state index contributed by atoms with van der Waals surface area (Å²) < 4.78 is 0. The topological polar surface area (TPSA) is 35.6 Å². The molecule has 3 aliphatic heterocycles. The van der Waals surface area contributed by atoms with E-state index >= 15 is 0 Å². The smallest absolute Gasteiger partial charge is 0.222 e. The second kappa shape index (κ2) is 11.2. The van der Waals surface area contributed by atoms with Gasteiger partial charge >= 0.3 is 0 Å². The van der Waals surface area contributed by atoms with Crippen molar-refractivity contribution in [1.29, 1.82) is 0 Å². The van der Waals surface area contributed by atoms with Crippen molar-refractivity contribution in [2.24, 2.45) is 11.8 Å². The van der Waals surface area contributed by atoms with Gasteiger partial charge in [0.15, 0.2) is 0 Å². The van der Waals surface area contributed by atoms with Gasteiger partial charge in [-0.05, 0) is 63.3 Å². The first-order valence-corrected chi connectivity index (χ1v) is 11.0. The first-order chi connectivity index (χ1) is 12.3. The Morgan fingerprint density at radius 3 is 2.19 bits per heavy atom. The highest BCUT2D eigenvalue weighted by molar-refractivity contribution is 5.85. The van der Waals surface area contributed by atoms with E-state index in [1.165, 1.54) is 70.9 Å². The summed E-state index contributed by atoms with van der Waals surface area (Å²) >= 11 is 0. The van der Waals surface area contributed by atoms with Gasteiger partial charge in [0.05, 0.1) is 0 Å². The number of halogens is 2. The van der Waals surface area contributed by atoms with Crippen LogP contribution in [0.5, 0.6) is 0 Å². The van der Waals surface area contributed by atoms with E-state index in [-0.39, 0.29) is 24.8 Å². The second-order valence-corrected chi connectivity index (χ2v) is 9.22. The molecule has 3 heterocycles. The number of piperidine rings is 1. The lowest BCUT2D eigenvalue weighted by Crippen LogP contribution is -2.41. The number of nitrogens with one attached hydrogen (secondary N) is 1. The van der Waals surface area contributed by atoms with Gasteiger partial charge in [-0.2, -0.15) is 0 Å². The van der Waals surface area contributed by atoms with E-state index in [9.17, 15) is 4.79 Å². The summed E-state index contributed by atoms with van der Waals surface area (Å²) in [5.41, 5.74) is 0. The van der Waals surface area contributed by atoms with Crippen molar-refractivity contribution in [2.45, 2.75) is 82.7 Å². The summed E-state index contributed by atoms with van der Waals surface area (Å²) in [4.78, 5) is 17.7. The molecule has 1 amide bonds. The molecule has 4 rings (SSSR count). The van der Waals surface area contributed by atoms with Crippen molar-refractivity contribution in [1.82, 2.24) is 15.1 Å². The molecule has 2 atom stereocenters. The number of carbonyl (C=O) groups excluding carboxylic acids is 1. The Balaban J connectivity index is 0.00000131. The zero-order valence-corrected chi connectivity index (χ0v) is 18.4. The predicted molar refractivity (Wildman–Crippen MR) is 116 cm³/mol. The standard InChI is InChI=1S/C21H37N3O.2ClH/c25-21(15-18-13-19-7-8-20(14-18)22-19)24-10-4-9-23(11-12-24)16-17-5-2-1-3-6-17;;/h17-20,22H,1-16H2;2*1H. The van der Waals surface area contributed by atoms with Gasteiger partial charge in [-0.3, -0.25) is 4.79 Å². The van der Waals surface area contributed by atoms with Crippen LogP contribution in [-0.2, 0) is 4.79 Å². The Morgan fingerprint density at radius 1 is 0.778 bits per heavy atom. The third-order valence-corrected chi connectivity index (χ3v) is 7.22. The highest BCUT2D eigenvalue weighted by Gasteiger charge is 2.35. The summed E-state index contributed by atoms with van der Waals surface area (Å²) in [5, 5.41) is 3.70. The molecule has 1 saturated carbocycles. The maximum atomic E-state index is 12.8. The average molecular weight is 420 g/mol. The fraction of sp³-hybridized carbons (Fsp3) is 0.952. The van der Waals surface area contributed by atoms with E-state index in [4.69, 9.17) is 0 Å². The van der Waals surface area contributed by atoms with Gasteiger partial charge in [0.2, 0.25) is 5.91 Å². The van der Waals surface area contributed by atoms with Crippen LogP contribution in [0.4, 0.5) is 0 Å². The molecule has 0 radical (unpaired) electrons. The van der Waals surface area contributed by atoms with Crippen molar-refractivity contribution in [3.05, 3.63) is 0 Å². The molecule has 1 N–H and O–H groups in total. The fourth-order valence-electron chi connectivity index (χ4n) is 5.86. The SMILES string of the molecule is Cl.Cl.O=C(CC1CC2CCC(C1)N2)N1CCCN(CC2CCCCC2)CC1. The Kier molecular flexibility index (Phi) is 9.67. The number of nitrogens with zero attached hydrogens (tertiary/aromatic N) is 2. The second-order valence-electron chi connectivity index (χ2n) is 9.22. The van der Waals surface area contributed by atoms with Crippen molar-refractivity contribution < 1.29 is 4.79 Å². The van der Waals surface area contributed by atoms with Crippen LogP contribution in [0.25, 0.3) is 0 Å². The lowest BCUT2D eigenvalue weighted by Gasteiger charge is -2.31. The summed E-state index contributed by atoms with van der Waals surface area (Å²) in [6.45, 7) is 5.51. The largest absolute Gasteiger partial charge is 0.341 e. The van der Waals surface area contributed by atoms with Crippen molar-refractivity contribution in [3.63, 3.8) is 0 Å². The Labute approximate surface area is 178 Å². The minimum absolute atomic E-state index is 0. The van der Waals surface area contributed by atoms with Crippen molar-refractivity contribution in [2.75, 3.05) is 32.7 Å². The quantitative estimate of drug-likeness (QED) is 0.750. The van der Waals surface area contributed by atoms with Crippen LogP contribution >= 0.6 is 24.8 Å². The highest BCUT2D eigenvalue weighted by Crippen LogP contribution is 2.33. The predicted octanol–water partition coefficient (Wildman–Crippen LogP) is 3.87. The van der Waals surface area contributed by atoms with E-state index in [2.05, 4.69) is 15.1 Å². The number of carbonyl (C=O) groups is 1. The van der Waals surface area contributed by atoms with Crippen LogP contribution in [0.15, 0.2) is 0 Å². The molecule has 4 nitrogen and oxygen atoms in total. The van der Waals surface area contributed by atoms with Crippen molar-refractivity contribution in [3.8, 4) is 0 Å². The van der Waals surface area contributed by atoms with Gasteiger partial charge in [-0.1, -0.05) is 19.3 Å². The van der Waals surface area contributed by atoms with Gasteiger partial charge in [-0.25, -0.2) is 0 Å². The summed E-state index contributed by atoms with van der Waals surface area (Å²) in [5.74, 6) is 1.99. The zero-order valence-electron chi connectivity index (χ0n) is 16.7. The van der Waals surface area contributed by atoms with Crippen LogP contribution in [-0.4, -0.2) is 60.5 Å². The number of fused-ring (bicyclic) bond motifs is 2. The maximum absolute atomic E-state index is 12.8. The molecular formula is C21H39Cl2N3O. The fourth-order valence-corrected chi connectivity index (χ4v) is 5.86. The molecule has 0 aromatic heterocycles. The molecule has 4 aliphatic rings. The molecule has 1 aliphatic carbocycles. The van der Waals surface area contributed by atoms with Gasteiger partial charge in [0.25, 0.3) is 0 Å². The molecular weight excluding hydrogens is 381 g/mol. The van der Waals surface area contributed by atoms with Gasteiger partial charge < -0.3 is 15.1 Å². The molecule has 2 unspecified atom stereocenters. The number of hydrogen-bond acceptors (Lipinski definition) is 3. The average Bonchev–Trinajstić information content (AvgIpc) is 2.82. The lowest BCUT2D eigenvalue weighted by atomic mass is 9.89.